The second kappa shape index (κ2) is 8.54. The molecule has 6 heteroatoms. The fourth-order valence-corrected chi connectivity index (χ4v) is 7.26. The molecule has 1 aromatic carbocycles. The number of allylic oxidation sites excluding steroid dienone is 1. The molecule has 1 aromatic rings. The number of ketones is 1. The zero-order valence-corrected chi connectivity index (χ0v) is 22.8. The molecule has 34 heavy (non-hydrogen) atoms. The lowest BCUT2D eigenvalue weighted by atomic mass is 9.55. The van der Waals surface area contributed by atoms with Gasteiger partial charge in [-0.05, 0) is 98.2 Å². The average molecular weight is 485 g/mol. The number of aliphatic hydroxyl groups excluding tert-OH is 1. The third-order valence-corrected chi connectivity index (χ3v) is 13.6. The van der Waals surface area contributed by atoms with Gasteiger partial charge in [0.05, 0.1) is 6.61 Å². The van der Waals surface area contributed by atoms with Gasteiger partial charge in [-0.3, -0.25) is 4.79 Å². The zero-order valence-electron chi connectivity index (χ0n) is 21.8. The van der Waals surface area contributed by atoms with Gasteiger partial charge in [0.25, 0.3) is 0 Å². The van der Waals surface area contributed by atoms with Crippen LogP contribution in [0.2, 0.25) is 18.1 Å². The van der Waals surface area contributed by atoms with E-state index in [4.69, 9.17) is 9.16 Å². The van der Waals surface area contributed by atoms with Gasteiger partial charge >= 0.3 is 5.97 Å². The standard InChI is InChI=1S/C28H40O5Si/c1-8-32-26(31)24(29)22-16-23-21-11-9-17-15-18(33-34(6,7)27(2,3)4)10-12-19(17)20(21)13-14-28(23,5)25(22)30/h10,12,15,20-21,23,29H,8-9,11,13-14,16H2,1-7H3/b24-22-. The lowest BCUT2D eigenvalue weighted by molar-refractivity contribution is -0.142. The number of carbonyl (C=O) groups excluding carboxylic acids is 2. The largest absolute Gasteiger partial charge is 0.543 e. The number of esters is 1. The highest BCUT2D eigenvalue weighted by atomic mass is 28.4. The summed E-state index contributed by atoms with van der Waals surface area (Å²) < 4.78 is 11.5. The minimum absolute atomic E-state index is 0.0644. The molecule has 4 unspecified atom stereocenters. The highest BCUT2D eigenvalue weighted by molar-refractivity contribution is 6.74. The van der Waals surface area contributed by atoms with Gasteiger partial charge in [0.2, 0.25) is 14.1 Å². The molecule has 0 spiro atoms. The van der Waals surface area contributed by atoms with E-state index in [1.807, 2.05) is 6.92 Å². The van der Waals surface area contributed by atoms with E-state index in [9.17, 15) is 14.7 Å². The first kappa shape index (κ1) is 25.0. The van der Waals surface area contributed by atoms with Gasteiger partial charge in [-0.1, -0.05) is 33.8 Å². The van der Waals surface area contributed by atoms with Gasteiger partial charge < -0.3 is 14.3 Å². The highest BCUT2D eigenvalue weighted by Gasteiger charge is 2.57. The molecule has 0 heterocycles. The molecule has 0 bridgehead atoms. The SMILES string of the molecule is CCOC(=O)/C(O)=C1\CC2C3CCc4cc(O[Si](C)(C)C(C)(C)C)ccc4C3CCC2(C)C1=O. The first-order chi connectivity index (χ1) is 15.8. The van der Waals surface area contributed by atoms with Crippen LogP contribution in [0.5, 0.6) is 5.75 Å². The van der Waals surface area contributed by atoms with E-state index in [2.05, 4.69) is 52.1 Å². The van der Waals surface area contributed by atoms with Crippen molar-refractivity contribution in [3.63, 3.8) is 0 Å². The molecule has 4 atom stereocenters. The summed E-state index contributed by atoms with van der Waals surface area (Å²) in [5.41, 5.74) is 2.52. The van der Waals surface area contributed by atoms with Crippen LogP contribution in [0.1, 0.15) is 77.3 Å². The number of Topliss-reactive ketones (excluding diaryl/α,β-unsaturated/α-hetero) is 1. The van der Waals surface area contributed by atoms with Crippen LogP contribution in [-0.2, 0) is 20.7 Å². The number of rotatable bonds is 4. The maximum Gasteiger partial charge on any atom is 0.373 e. The Hall–Kier alpha value is -2.08. The average Bonchev–Trinajstić information content (AvgIpc) is 3.03. The molecule has 0 aliphatic heterocycles. The van der Waals surface area contributed by atoms with Gasteiger partial charge in [-0.15, -0.1) is 0 Å². The van der Waals surface area contributed by atoms with Crippen LogP contribution in [-0.4, -0.2) is 31.8 Å². The Bertz CT molecular complexity index is 1030. The van der Waals surface area contributed by atoms with Crippen LogP contribution in [0.25, 0.3) is 0 Å². The second-order valence-corrected chi connectivity index (χ2v) is 16.9. The Kier molecular flexibility index (Phi) is 6.29. The van der Waals surface area contributed by atoms with Gasteiger partial charge in [-0.25, -0.2) is 4.79 Å². The molecule has 0 aromatic heterocycles. The number of hydrogen-bond donors (Lipinski definition) is 1. The van der Waals surface area contributed by atoms with Gasteiger partial charge in [-0.2, -0.15) is 0 Å². The Morgan fingerprint density at radius 1 is 1.24 bits per heavy atom. The van der Waals surface area contributed by atoms with Crippen LogP contribution >= 0.6 is 0 Å². The number of benzene rings is 1. The third-order valence-electron chi connectivity index (χ3n) is 9.24. The zero-order chi connectivity index (χ0) is 25.1. The smallest absolute Gasteiger partial charge is 0.373 e. The summed E-state index contributed by atoms with van der Waals surface area (Å²) in [6.07, 6.45) is 4.17. The van der Waals surface area contributed by atoms with E-state index in [-0.39, 0.29) is 28.9 Å². The maximum absolute atomic E-state index is 13.4. The maximum atomic E-state index is 13.4. The molecule has 2 fully saturated rings. The highest BCUT2D eigenvalue weighted by Crippen LogP contribution is 2.61. The van der Waals surface area contributed by atoms with Crippen LogP contribution in [0.4, 0.5) is 0 Å². The normalized spacial score (nSPS) is 30.2. The molecular weight excluding hydrogens is 444 g/mol. The van der Waals surface area contributed by atoms with Gasteiger partial charge in [0, 0.05) is 11.0 Å². The van der Waals surface area contributed by atoms with E-state index < -0.39 is 25.5 Å². The van der Waals surface area contributed by atoms with Crippen molar-refractivity contribution in [3.8, 4) is 5.75 Å². The predicted molar refractivity (Wildman–Crippen MR) is 136 cm³/mol. The Morgan fingerprint density at radius 3 is 2.59 bits per heavy atom. The third kappa shape index (κ3) is 4.02. The Morgan fingerprint density at radius 2 is 1.94 bits per heavy atom. The summed E-state index contributed by atoms with van der Waals surface area (Å²) in [6, 6.07) is 6.63. The molecule has 5 nitrogen and oxygen atoms in total. The predicted octanol–water partition coefficient (Wildman–Crippen LogP) is 6.48. The quantitative estimate of drug-likeness (QED) is 0.229. The second-order valence-electron chi connectivity index (χ2n) is 12.2. The molecule has 2 saturated carbocycles. The number of ether oxygens (including phenoxy) is 1. The number of aryl methyl sites for hydroxylation is 1. The lowest BCUT2D eigenvalue weighted by Crippen LogP contribution is -2.44. The summed E-state index contributed by atoms with van der Waals surface area (Å²) in [7, 11) is -1.90. The van der Waals surface area contributed by atoms with E-state index in [1.54, 1.807) is 6.92 Å². The topological polar surface area (TPSA) is 72.8 Å². The van der Waals surface area contributed by atoms with Crippen molar-refractivity contribution in [2.75, 3.05) is 6.61 Å². The molecule has 1 N–H and O–H groups in total. The number of hydrogen-bond acceptors (Lipinski definition) is 5. The van der Waals surface area contributed by atoms with Crippen molar-refractivity contribution in [3.05, 3.63) is 40.7 Å². The summed E-state index contributed by atoms with van der Waals surface area (Å²) in [5.74, 6) is 0.558. The molecule has 4 rings (SSSR count). The minimum atomic E-state index is -1.90. The lowest BCUT2D eigenvalue weighted by Gasteiger charge is -2.48. The summed E-state index contributed by atoms with van der Waals surface area (Å²) in [6.45, 7) is 15.2. The molecular formula is C28H40O5Si. The fraction of sp³-hybridized carbons (Fsp3) is 0.643. The summed E-state index contributed by atoms with van der Waals surface area (Å²) in [4.78, 5) is 25.5. The Balaban J connectivity index is 1.60. The van der Waals surface area contributed by atoms with Gasteiger partial charge in [0.1, 0.15) is 5.75 Å². The van der Waals surface area contributed by atoms with Crippen LogP contribution in [0.3, 0.4) is 0 Å². The molecule has 186 valence electrons. The van der Waals surface area contributed by atoms with Crippen molar-refractivity contribution in [2.45, 2.75) is 90.8 Å². The number of aliphatic hydroxyl groups is 1. The van der Waals surface area contributed by atoms with E-state index in [0.29, 0.717) is 18.3 Å². The van der Waals surface area contributed by atoms with Crippen LogP contribution < -0.4 is 4.43 Å². The van der Waals surface area contributed by atoms with Crippen molar-refractivity contribution in [1.82, 2.24) is 0 Å². The molecule has 3 aliphatic rings. The summed E-state index contributed by atoms with van der Waals surface area (Å²) in [5, 5.41) is 10.6. The van der Waals surface area contributed by atoms with Crippen molar-refractivity contribution < 1.29 is 23.9 Å². The van der Waals surface area contributed by atoms with Crippen molar-refractivity contribution in [1.29, 1.82) is 0 Å². The van der Waals surface area contributed by atoms with Crippen molar-refractivity contribution in [2.24, 2.45) is 17.3 Å². The van der Waals surface area contributed by atoms with Crippen molar-refractivity contribution >= 4 is 20.1 Å². The monoisotopic (exact) mass is 484 g/mol. The molecule has 0 radical (unpaired) electrons. The van der Waals surface area contributed by atoms with E-state index in [0.717, 1.165) is 31.4 Å². The van der Waals surface area contributed by atoms with E-state index >= 15 is 0 Å². The Labute approximate surface area is 205 Å². The molecule has 3 aliphatic carbocycles. The number of fused-ring (bicyclic) bond motifs is 5. The summed E-state index contributed by atoms with van der Waals surface area (Å²) >= 11 is 0. The first-order valence-corrected chi connectivity index (χ1v) is 15.7. The number of carbonyl (C=O) groups is 2. The van der Waals surface area contributed by atoms with Crippen LogP contribution in [0.15, 0.2) is 29.5 Å². The van der Waals surface area contributed by atoms with Crippen LogP contribution in [0, 0.1) is 17.3 Å². The first-order valence-electron chi connectivity index (χ1n) is 12.8. The fourth-order valence-electron chi connectivity index (χ4n) is 6.23. The minimum Gasteiger partial charge on any atom is -0.543 e. The van der Waals surface area contributed by atoms with Gasteiger partial charge in [0.15, 0.2) is 5.78 Å². The molecule has 0 saturated heterocycles. The molecule has 0 amide bonds. The van der Waals surface area contributed by atoms with E-state index in [1.165, 1.54) is 11.1 Å².